The maximum absolute atomic E-state index is 12.6. The van der Waals surface area contributed by atoms with E-state index in [0.29, 0.717) is 19.5 Å². The second-order valence-corrected chi connectivity index (χ2v) is 10.8. The first-order valence-corrected chi connectivity index (χ1v) is 11.8. The summed E-state index contributed by atoms with van der Waals surface area (Å²) in [6.45, 7) is 1.07. The van der Waals surface area contributed by atoms with Gasteiger partial charge in [0.15, 0.2) is 14.9 Å². The van der Waals surface area contributed by atoms with Crippen LogP contribution in [0.25, 0.3) is 0 Å². The molecule has 1 saturated heterocycles. The molecule has 2 atom stereocenters. The first-order valence-electron chi connectivity index (χ1n) is 8.05. The zero-order valence-corrected chi connectivity index (χ0v) is 16.1. The van der Waals surface area contributed by atoms with Crippen molar-refractivity contribution in [3.8, 4) is 5.75 Å². The molecule has 2 rings (SSSR count). The van der Waals surface area contributed by atoms with E-state index in [0.717, 1.165) is 18.4 Å². The standard InChI is InChI=1S/C15H21F3N2O5S2/c1-26(21,22)10-27(23,24)20-9-14(11-6-7-19-8-11)25-13-4-2-12(3-5-13)15(16,17)18/h2-5,11,14,19-20H,6-10H2,1H3/t11-,14+/m0/s1. The number of hydrogen-bond donors (Lipinski definition) is 2. The minimum atomic E-state index is -4.46. The molecule has 27 heavy (non-hydrogen) atoms. The average molecular weight is 430 g/mol. The van der Waals surface area contributed by atoms with Gasteiger partial charge in [-0.05, 0) is 37.2 Å². The van der Waals surface area contributed by atoms with Crippen LogP contribution in [-0.4, -0.2) is 53.9 Å². The van der Waals surface area contributed by atoms with Gasteiger partial charge in [-0.1, -0.05) is 0 Å². The van der Waals surface area contributed by atoms with Gasteiger partial charge < -0.3 is 10.1 Å². The van der Waals surface area contributed by atoms with E-state index in [1.54, 1.807) is 0 Å². The largest absolute Gasteiger partial charge is 0.489 e. The molecule has 1 aromatic rings. The van der Waals surface area contributed by atoms with E-state index in [1.165, 1.54) is 12.1 Å². The fourth-order valence-electron chi connectivity index (χ4n) is 2.73. The van der Waals surface area contributed by atoms with Crippen LogP contribution >= 0.6 is 0 Å². The molecule has 1 aromatic carbocycles. The van der Waals surface area contributed by atoms with E-state index >= 15 is 0 Å². The number of hydrogen-bond acceptors (Lipinski definition) is 6. The number of rotatable bonds is 8. The van der Waals surface area contributed by atoms with Crippen LogP contribution in [0.5, 0.6) is 5.75 Å². The molecule has 0 radical (unpaired) electrons. The van der Waals surface area contributed by atoms with Gasteiger partial charge in [0.05, 0.1) is 5.56 Å². The monoisotopic (exact) mass is 430 g/mol. The molecular formula is C15H21F3N2O5S2. The van der Waals surface area contributed by atoms with Gasteiger partial charge in [-0.15, -0.1) is 0 Å². The van der Waals surface area contributed by atoms with Crippen molar-refractivity contribution in [2.24, 2.45) is 5.92 Å². The zero-order chi connectivity index (χ0) is 20.3. The van der Waals surface area contributed by atoms with E-state index < -0.39 is 42.8 Å². The smallest absolute Gasteiger partial charge is 0.416 e. The molecule has 0 bridgehead atoms. The summed E-state index contributed by atoms with van der Waals surface area (Å²) in [5, 5.41) is 2.06. The predicted octanol–water partition coefficient (Wildman–Crippen LogP) is 0.984. The lowest BCUT2D eigenvalue weighted by Gasteiger charge is -2.25. The number of nitrogens with one attached hydrogen (secondary N) is 2. The van der Waals surface area contributed by atoms with Gasteiger partial charge in [0.25, 0.3) is 0 Å². The fraction of sp³-hybridized carbons (Fsp3) is 0.600. The lowest BCUT2D eigenvalue weighted by molar-refractivity contribution is -0.137. The Morgan fingerprint density at radius 3 is 2.33 bits per heavy atom. The molecule has 1 heterocycles. The Hall–Kier alpha value is -1.37. The Morgan fingerprint density at radius 1 is 1.22 bits per heavy atom. The summed E-state index contributed by atoms with van der Waals surface area (Å²) in [6, 6.07) is 4.10. The van der Waals surface area contributed by atoms with Crippen LogP contribution in [0.2, 0.25) is 0 Å². The number of benzene rings is 1. The van der Waals surface area contributed by atoms with E-state index in [9.17, 15) is 30.0 Å². The summed E-state index contributed by atoms with van der Waals surface area (Å²) in [4.78, 5) is 0. The molecule has 1 aliphatic heterocycles. The lowest BCUT2D eigenvalue weighted by Crippen LogP contribution is -2.42. The van der Waals surface area contributed by atoms with E-state index in [4.69, 9.17) is 4.74 Å². The second kappa shape index (κ2) is 8.33. The summed E-state index contributed by atoms with van der Waals surface area (Å²) in [5.41, 5.74) is -0.817. The Morgan fingerprint density at radius 2 is 1.85 bits per heavy atom. The first kappa shape index (κ1) is 21.9. The van der Waals surface area contributed by atoms with Crippen molar-refractivity contribution >= 4 is 19.9 Å². The van der Waals surface area contributed by atoms with Crippen molar-refractivity contribution in [2.45, 2.75) is 18.7 Å². The normalized spacial score (nSPS) is 19.8. The van der Waals surface area contributed by atoms with Crippen LogP contribution < -0.4 is 14.8 Å². The average Bonchev–Trinajstić information content (AvgIpc) is 3.03. The Labute approximate surface area is 156 Å². The molecule has 154 valence electrons. The first-order chi connectivity index (χ1) is 12.4. The Bertz CT molecular complexity index is 833. The topological polar surface area (TPSA) is 102 Å². The number of sulfonamides is 1. The minimum absolute atomic E-state index is 0.0757. The SMILES string of the molecule is CS(=O)(=O)CS(=O)(=O)NC[C@@H](Oc1ccc(C(F)(F)F)cc1)[C@H]1CCNC1. The van der Waals surface area contributed by atoms with Crippen molar-refractivity contribution in [1.82, 2.24) is 10.0 Å². The Kier molecular flexibility index (Phi) is 6.77. The molecule has 0 saturated carbocycles. The van der Waals surface area contributed by atoms with Crippen molar-refractivity contribution in [1.29, 1.82) is 0 Å². The summed E-state index contributed by atoms with van der Waals surface area (Å²) in [5.74, 6) is 0.0930. The molecule has 12 heteroatoms. The summed E-state index contributed by atoms with van der Waals surface area (Å²) >= 11 is 0. The van der Waals surface area contributed by atoms with Gasteiger partial charge >= 0.3 is 6.18 Å². The Balaban J connectivity index is 2.08. The second-order valence-electron chi connectivity index (χ2n) is 6.44. The number of halogens is 3. The van der Waals surface area contributed by atoms with Crippen LogP contribution in [0.4, 0.5) is 13.2 Å². The number of alkyl halides is 3. The van der Waals surface area contributed by atoms with E-state index in [1.807, 2.05) is 0 Å². The highest BCUT2D eigenvalue weighted by atomic mass is 32.3. The molecule has 7 nitrogen and oxygen atoms in total. The number of ether oxygens (including phenoxy) is 1. The summed E-state index contributed by atoms with van der Waals surface area (Å²) in [7, 11) is -7.81. The van der Waals surface area contributed by atoms with Crippen LogP contribution in [0, 0.1) is 5.92 Å². The van der Waals surface area contributed by atoms with Crippen molar-refractivity contribution in [3.05, 3.63) is 29.8 Å². The van der Waals surface area contributed by atoms with Crippen LogP contribution in [-0.2, 0) is 26.0 Å². The number of sulfone groups is 1. The molecule has 2 N–H and O–H groups in total. The van der Waals surface area contributed by atoms with Crippen molar-refractivity contribution in [3.63, 3.8) is 0 Å². The molecule has 0 aromatic heterocycles. The third-order valence-corrected chi connectivity index (χ3v) is 7.53. The molecule has 1 fully saturated rings. The molecular weight excluding hydrogens is 409 g/mol. The molecule has 0 aliphatic carbocycles. The molecule has 0 unspecified atom stereocenters. The van der Waals surface area contributed by atoms with Gasteiger partial charge in [-0.25, -0.2) is 21.6 Å². The quantitative estimate of drug-likeness (QED) is 0.638. The fourth-order valence-corrected chi connectivity index (χ4v) is 5.73. The third kappa shape index (κ3) is 7.28. The minimum Gasteiger partial charge on any atom is -0.489 e. The van der Waals surface area contributed by atoms with Gasteiger partial charge in [-0.2, -0.15) is 13.2 Å². The highest BCUT2D eigenvalue weighted by Gasteiger charge is 2.31. The third-order valence-electron chi connectivity index (χ3n) is 3.97. The maximum atomic E-state index is 12.6. The van der Waals surface area contributed by atoms with Gasteiger partial charge in [-0.3, -0.25) is 0 Å². The highest BCUT2D eigenvalue weighted by molar-refractivity contribution is 8.06. The van der Waals surface area contributed by atoms with Crippen LogP contribution in [0.1, 0.15) is 12.0 Å². The van der Waals surface area contributed by atoms with E-state index in [-0.39, 0.29) is 18.2 Å². The summed E-state index contributed by atoms with van der Waals surface area (Å²) < 4.78 is 92.0. The molecule has 1 aliphatic rings. The van der Waals surface area contributed by atoms with Crippen LogP contribution in [0.15, 0.2) is 24.3 Å². The van der Waals surface area contributed by atoms with Crippen molar-refractivity contribution in [2.75, 3.05) is 31.0 Å². The van der Waals surface area contributed by atoms with Gasteiger partial charge in [0.2, 0.25) is 10.0 Å². The summed E-state index contributed by atoms with van der Waals surface area (Å²) in [6.07, 6.45) is -3.62. The van der Waals surface area contributed by atoms with Gasteiger partial charge in [0, 0.05) is 25.3 Å². The van der Waals surface area contributed by atoms with E-state index in [2.05, 4.69) is 10.0 Å². The van der Waals surface area contributed by atoms with Crippen molar-refractivity contribution < 1.29 is 34.7 Å². The molecule has 0 amide bonds. The lowest BCUT2D eigenvalue weighted by atomic mass is 10.0. The van der Waals surface area contributed by atoms with Gasteiger partial charge in [0.1, 0.15) is 11.9 Å². The maximum Gasteiger partial charge on any atom is 0.416 e. The molecule has 0 spiro atoms. The highest BCUT2D eigenvalue weighted by Crippen LogP contribution is 2.31. The predicted molar refractivity (Wildman–Crippen MR) is 93.5 cm³/mol. The zero-order valence-electron chi connectivity index (χ0n) is 14.5. The van der Waals surface area contributed by atoms with Crippen LogP contribution in [0.3, 0.4) is 0 Å².